The van der Waals surface area contributed by atoms with Gasteiger partial charge < -0.3 is 4.74 Å². The Labute approximate surface area is 99.3 Å². The second-order valence-electron chi connectivity index (χ2n) is 3.06. The molecule has 0 heterocycles. The van der Waals surface area contributed by atoms with Crippen LogP contribution in [0.4, 0.5) is 15.8 Å². The molecule has 0 atom stereocenters. The van der Waals surface area contributed by atoms with Gasteiger partial charge in [-0.2, -0.15) is 4.39 Å². The third kappa shape index (κ3) is 2.56. The first kappa shape index (κ1) is 13.5. The third-order valence-electron chi connectivity index (χ3n) is 1.94. The van der Waals surface area contributed by atoms with E-state index in [-0.39, 0.29) is 6.61 Å². The second kappa shape index (κ2) is 5.17. The monoisotopic (exact) mass is 258 g/mol. The molecule has 0 radical (unpaired) electrons. The van der Waals surface area contributed by atoms with E-state index in [2.05, 4.69) is 4.74 Å². The normalized spacial score (nSPS) is 9.89. The van der Waals surface area contributed by atoms with Crippen LogP contribution in [0.3, 0.4) is 0 Å². The number of esters is 1. The van der Waals surface area contributed by atoms with Gasteiger partial charge in [0.2, 0.25) is 5.82 Å². The number of carbonyl (C=O) groups is 1. The minimum atomic E-state index is -1.45. The van der Waals surface area contributed by atoms with E-state index in [1.54, 1.807) is 0 Å². The second-order valence-corrected chi connectivity index (χ2v) is 3.06. The molecule has 0 aliphatic rings. The van der Waals surface area contributed by atoms with Crippen LogP contribution in [0.15, 0.2) is 12.1 Å². The highest BCUT2D eigenvalue weighted by Crippen LogP contribution is 2.27. The molecule has 18 heavy (non-hydrogen) atoms. The molecule has 1 rings (SSSR count). The number of nitrogens with zero attached hydrogens (tertiary/aromatic N) is 2. The van der Waals surface area contributed by atoms with Gasteiger partial charge in [0.15, 0.2) is 0 Å². The van der Waals surface area contributed by atoms with Crippen LogP contribution in [0.5, 0.6) is 0 Å². The average molecular weight is 258 g/mol. The van der Waals surface area contributed by atoms with Gasteiger partial charge in [-0.15, -0.1) is 0 Å². The highest BCUT2D eigenvalue weighted by Gasteiger charge is 2.28. The van der Waals surface area contributed by atoms with Gasteiger partial charge in [-0.25, -0.2) is 4.79 Å². The van der Waals surface area contributed by atoms with Crippen molar-refractivity contribution in [2.45, 2.75) is 6.92 Å². The van der Waals surface area contributed by atoms with E-state index in [9.17, 15) is 29.4 Å². The summed E-state index contributed by atoms with van der Waals surface area (Å²) in [5.74, 6) is -2.65. The van der Waals surface area contributed by atoms with Gasteiger partial charge in [-0.1, -0.05) is 0 Å². The van der Waals surface area contributed by atoms with Crippen LogP contribution in [0, 0.1) is 26.0 Å². The number of hydrogen-bond donors (Lipinski definition) is 0. The van der Waals surface area contributed by atoms with Gasteiger partial charge in [-0.05, 0) is 6.92 Å². The molecule has 0 amide bonds. The van der Waals surface area contributed by atoms with Crippen molar-refractivity contribution in [3.8, 4) is 0 Å². The molecule has 0 spiro atoms. The van der Waals surface area contributed by atoms with Crippen molar-refractivity contribution >= 4 is 17.3 Å². The van der Waals surface area contributed by atoms with Crippen molar-refractivity contribution < 1.29 is 23.8 Å². The van der Waals surface area contributed by atoms with E-state index in [1.807, 2.05) is 0 Å². The lowest BCUT2D eigenvalue weighted by Gasteiger charge is -2.03. The Bertz CT molecular complexity index is 530. The van der Waals surface area contributed by atoms with E-state index in [0.29, 0.717) is 12.1 Å². The standard InChI is InChI=1S/C9H7FN2O6/c1-2-18-9(13)6-3-5(11(14)15)4-7(8(6)10)12(16)17/h3-4H,2H2,1H3. The van der Waals surface area contributed by atoms with Crippen LogP contribution in [0.25, 0.3) is 0 Å². The molecule has 0 aromatic heterocycles. The first-order chi connectivity index (χ1) is 8.38. The number of carbonyl (C=O) groups excluding carboxylic acids is 1. The van der Waals surface area contributed by atoms with Crippen LogP contribution in [0.1, 0.15) is 17.3 Å². The molecule has 0 fully saturated rings. The minimum Gasteiger partial charge on any atom is -0.462 e. The number of nitro benzene ring substituents is 2. The van der Waals surface area contributed by atoms with Crippen LogP contribution in [0.2, 0.25) is 0 Å². The predicted molar refractivity (Wildman–Crippen MR) is 55.7 cm³/mol. The maximum Gasteiger partial charge on any atom is 0.341 e. The van der Waals surface area contributed by atoms with Crippen molar-refractivity contribution in [3.05, 3.63) is 43.7 Å². The summed E-state index contributed by atoms with van der Waals surface area (Å²) < 4.78 is 18.0. The topological polar surface area (TPSA) is 113 Å². The smallest absolute Gasteiger partial charge is 0.341 e. The van der Waals surface area contributed by atoms with Crippen LogP contribution >= 0.6 is 0 Å². The van der Waals surface area contributed by atoms with Crippen LogP contribution in [-0.2, 0) is 4.74 Å². The number of ether oxygens (including phenoxy) is 1. The fraction of sp³-hybridized carbons (Fsp3) is 0.222. The molecular formula is C9H7FN2O6. The highest BCUT2D eigenvalue weighted by atomic mass is 19.1. The maximum atomic E-state index is 13.6. The summed E-state index contributed by atoms with van der Waals surface area (Å²) in [6.07, 6.45) is 0. The summed E-state index contributed by atoms with van der Waals surface area (Å²) in [5.41, 5.74) is -2.74. The number of benzene rings is 1. The Kier molecular flexibility index (Phi) is 3.87. The molecule has 0 bridgehead atoms. The Morgan fingerprint density at radius 2 is 1.94 bits per heavy atom. The molecule has 0 aliphatic heterocycles. The molecule has 0 N–H and O–H groups in total. The van der Waals surface area contributed by atoms with Crippen molar-refractivity contribution in [2.75, 3.05) is 6.61 Å². The molecule has 96 valence electrons. The Balaban J connectivity index is 3.45. The number of hydrogen-bond acceptors (Lipinski definition) is 6. The molecule has 0 saturated carbocycles. The van der Waals surface area contributed by atoms with Crippen molar-refractivity contribution in [1.82, 2.24) is 0 Å². The van der Waals surface area contributed by atoms with Gasteiger partial charge in [-0.3, -0.25) is 20.2 Å². The molecule has 0 saturated heterocycles. The molecule has 0 unspecified atom stereocenters. The number of non-ortho nitro benzene ring substituents is 1. The lowest BCUT2D eigenvalue weighted by atomic mass is 10.1. The first-order valence-electron chi connectivity index (χ1n) is 4.68. The van der Waals surface area contributed by atoms with E-state index >= 15 is 0 Å². The quantitative estimate of drug-likeness (QED) is 0.462. The van der Waals surface area contributed by atoms with E-state index in [4.69, 9.17) is 0 Å². The average Bonchev–Trinajstić information content (AvgIpc) is 2.28. The first-order valence-corrected chi connectivity index (χ1v) is 4.68. The Hall–Kier alpha value is -2.58. The van der Waals surface area contributed by atoms with Crippen molar-refractivity contribution in [2.24, 2.45) is 0 Å². The largest absolute Gasteiger partial charge is 0.462 e. The molecular weight excluding hydrogens is 251 g/mol. The summed E-state index contributed by atoms with van der Waals surface area (Å²) in [7, 11) is 0. The number of rotatable bonds is 4. The van der Waals surface area contributed by atoms with E-state index in [0.717, 1.165) is 0 Å². The fourth-order valence-corrected chi connectivity index (χ4v) is 1.19. The lowest BCUT2D eigenvalue weighted by molar-refractivity contribution is -0.395. The lowest BCUT2D eigenvalue weighted by Crippen LogP contribution is -2.10. The molecule has 8 nitrogen and oxygen atoms in total. The summed E-state index contributed by atoms with van der Waals surface area (Å²) in [5, 5.41) is 21.0. The van der Waals surface area contributed by atoms with Gasteiger partial charge in [0, 0.05) is 6.07 Å². The summed E-state index contributed by atoms with van der Waals surface area (Å²) in [4.78, 5) is 30.2. The summed E-state index contributed by atoms with van der Waals surface area (Å²) >= 11 is 0. The molecule has 0 aliphatic carbocycles. The fourth-order valence-electron chi connectivity index (χ4n) is 1.19. The molecule has 1 aromatic rings. The third-order valence-corrected chi connectivity index (χ3v) is 1.94. The van der Waals surface area contributed by atoms with Gasteiger partial charge >= 0.3 is 11.7 Å². The summed E-state index contributed by atoms with van der Waals surface area (Å²) in [6.45, 7) is 1.36. The SMILES string of the molecule is CCOC(=O)c1cc([N+](=O)[O-])cc([N+](=O)[O-])c1F. The molecule has 9 heteroatoms. The minimum absolute atomic E-state index is 0.0885. The Morgan fingerprint density at radius 1 is 1.33 bits per heavy atom. The zero-order valence-electron chi connectivity index (χ0n) is 9.08. The zero-order chi connectivity index (χ0) is 13.9. The molecule has 1 aromatic carbocycles. The van der Waals surface area contributed by atoms with Gasteiger partial charge in [0.1, 0.15) is 5.56 Å². The van der Waals surface area contributed by atoms with E-state index in [1.165, 1.54) is 6.92 Å². The van der Waals surface area contributed by atoms with Crippen molar-refractivity contribution in [3.63, 3.8) is 0 Å². The highest BCUT2D eigenvalue weighted by molar-refractivity contribution is 5.91. The predicted octanol–water partition coefficient (Wildman–Crippen LogP) is 1.82. The number of nitro groups is 2. The van der Waals surface area contributed by atoms with Crippen LogP contribution in [-0.4, -0.2) is 22.4 Å². The van der Waals surface area contributed by atoms with Crippen molar-refractivity contribution in [1.29, 1.82) is 0 Å². The Morgan fingerprint density at radius 3 is 2.39 bits per heavy atom. The van der Waals surface area contributed by atoms with Gasteiger partial charge in [0.25, 0.3) is 5.69 Å². The zero-order valence-corrected chi connectivity index (χ0v) is 9.08. The summed E-state index contributed by atoms with van der Waals surface area (Å²) in [6, 6.07) is 1.04. The van der Waals surface area contributed by atoms with Crippen LogP contribution < -0.4 is 0 Å². The number of halogens is 1. The van der Waals surface area contributed by atoms with E-state index < -0.39 is 38.6 Å². The van der Waals surface area contributed by atoms with Gasteiger partial charge in [0.05, 0.1) is 22.5 Å². The maximum absolute atomic E-state index is 13.6.